The minimum Gasteiger partial charge on any atom is -0.374 e. The van der Waals surface area contributed by atoms with E-state index < -0.39 is 0 Å². The molecule has 0 amide bonds. The highest BCUT2D eigenvalue weighted by Gasteiger charge is 2.36. The molecule has 0 spiro atoms. The summed E-state index contributed by atoms with van der Waals surface area (Å²) in [4.78, 5) is 2.47. The zero-order chi connectivity index (χ0) is 14.1. The molecule has 0 radical (unpaired) electrons. The average Bonchev–Trinajstić information content (AvgIpc) is 2.88. The first kappa shape index (κ1) is 14.2. The smallest absolute Gasteiger partial charge is 0.0779 e. The number of halogens is 1. The summed E-state index contributed by atoms with van der Waals surface area (Å²) in [5, 5.41) is 0.834. The van der Waals surface area contributed by atoms with E-state index in [1.807, 2.05) is 6.92 Å². The lowest BCUT2D eigenvalue weighted by Gasteiger charge is -2.39. The Hall–Kier alpha value is -0.770. The van der Waals surface area contributed by atoms with Crippen molar-refractivity contribution < 1.29 is 4.74 Å². The predicted molar refractivity (Wildman–Crippen MR) is 83.5 cm³/mol. The van der Waals surface area contributed by atoms with Gasteiger partial charge in [-0.05, 0) is 50.3 Å². The maximum atomic E-state index is 6.42. The van der Waals surface area contributed by atoms with Crippen LogP contribution in [0.1, 0.15) is 31.7 Å². The predicted octanol–water partition coefficient (Wildman–Crippen LogP) is 2.99. The second kappa shape index (κ2) is 5.92. The van der Waals surface area contributed by atoms with Crippen molar-refractivity contribution in [2.24, 2.45) is 5.73 Å². The van der Waals surface area contributed by atoms with Gasteiger partial charge in [-0.15, -0.1) is 0 Å². The number of hydrogen-bond acceptors (Lipinski definition) is 3. The number of benzene rings is 1. The van der Waals surface area contributed by atoms with Gasteiger partial charge in [0.2, 0.25) is 0 Å². The molecule has 110 valence electrons. The number of hydrogen-bond donors (Lipinski definition) is 1. The molecule has 2 aliphatic rings. The van der Waals surface area contributed by atoms with Crippen molar-refractivity contribution in [2.45, 2.75) is 50.8 Å². The summed E-state index contributed by atoms with van der Waals surface area (Å²) in [6, 6.07) is 7.07. The van der Waals surface area contributed by atoms with Crippen LogP contribution in [-0.2, 0) is 11.2 Å². The van der Waals surface area contributed by atoms with Crippen LogP contribution in [0.15, 0.2) is 18.2 Å². The number of morpholine rings is 1. The van der Waals surface area contributed by atoms with E-state index in [9.17, 15) is 0 Å². The third kappa shape index (κ3) is 2.80. The Bertz CT molecular complexity index is 478. The maximum absolute atomic E-state index is 6.42. The molecule has 1 aliphatic carbocycles. The van der Waals surface area contributed by atoms with Gasteiger partial charge in [0.25, 0.3) is 0 Å². The van der Waals surface area contributed by atoms with Crippen molar-refractivity contribution >= 4 is 17.3 Å². The van der Waals surface area contributed by atoms with Crippen molar-refractivity contribution in [3.05, 3.63) is 28.8 Å². The molecule has 0 aromatic heterocycles. The van der Waals surface area contributed by atoms with E-state index in [1.54, 1.807) is 0 Å². The van der Waals surface area contributed by atoms with Crippen LogP contribution in [-0.4, -0.2) is 31.3 Å². The monoisotopic (exact) mass is 294 g/mol. The molecular formula is C16H23ClN2O. The molecule has 3 nitrogen and oxygen atoms in total. The molecule has 3 atom stereocenters. The Labute approximate surface area is 126 Å². The Morgan fingerprint density at radius 2 is 2.30 bits per heavy atom. The molecule has 1 aliphatic heterocycles. The van der Waals surface area contributed by atoms with Gasteiger partial charge in [0.1, 0.15) is 0 Å². The van der Waals surface area contributed by atoms with E-state index in [-0.39, 0.29) is 6.04 Å². The summed E-state index contributed by atoms with van der Waals surface area (Å²) >= 11 is 6.42. The summed E-state index contributed by atoms with van der Waals surface area (Å²) in [5.41, 5.74) is 8.22. The van der Waals surface area contributed by atoms with Crippen molar-refractivity contribution in [2.75, 3.05) is 18.1 Å². The minimum atomic E-state index is 0.140. The second-order valence-electron chi connectivity index (χ2n) is 6.06. The van der Waals surface area contributed by atoms with Crippen LogP contribution in [0.2, 0.25) is 5.02 Å². The van der Waals surface area contributed by atoms with Gasteiger partial charge in [0.15, 0.2) is 0 Å². The number of ether oxygens (including phenoxy) is 1. The summed E-state index contributed by atoms with van der Waals surface area (Å²) in [6.45, 7) is 3.79. The molecule has 2 fully saturated rings. The molecule has 1 heterocycles. The maximum Gasteiger partial charge on any atom is 0.0779 e. The Morgan fingerprint density at radius 3 is 3.05 bits per heavy atom. The van der Waals surface area contributed by atoms with Crippen LogP contribution < -0.4 is 10.6 Å². The second-order valence-corrected chi connectivity index (χ2v) is 6.47. The highest BCUT2D eigenvalue weighted by molar-refractivity contribution is 6.31. The van der Waals surface area contributed by atoms with Gasteiger partial charge in [-0.3, -0.25) is 0 Å². The van der Waals surface area contributed by atoms with Crippen LogP contribution in [0.25, 0.3) is 0 Å². The van der Waals surface area contributed by atoms with Crippen molar-refractivity contribution in [3.63, 3.8) is 0 Å². The van der Waals surface area contributed by atoms with Crippen LogP contribution in [0, 0.1) is 0 Å². The first-order valence-electron chi connectivity index (χ1n) is 7.57. The molecule has 20 heavy (non-hydrogen) atoms. The van der Waals surface area contributed by atoms with E-state index in [0.29, 0.717) is 12.1 Å². The highest BCUT2D eigenvalue weighted by atomic mass is 35.5. The van der Waals surface area contributed by atoms with E-state index in [0.717, 1.165) is 30.2 Å². The number of anilines is 1. The fourth-order valence-electron chi connectivity index (χ4n) is 3.47. The van der Waals surface area contributed by atoms with E-state index >= 15 is 0 Å². The molecular weight excluding hydrogens is 272 g/mol. The normalized spacial score (nSPS) is 27.4. The first-order chi connectivity index (χ1) is 9.65. The fraction of sp³-hybridized carbons (Fsp3) is 0.625. The molecule has 3 rings (SSSR count). The molecule has 1 aromatic carbocycles. The van der Waals surface area contributed by atoms with Gasteiger partial charge in [-0.1, -0.05) is 17.7 Å². The molecule has 1 saturated carbocycles. The van der Waals surface area contributed by atoms with Crippen molar-refractivity contribution in [1.29, 1.82) is 0 Å². The lowest BCUT2D eigenvalue weighted by atomic mass is 10.0. The van der Waals surface area contributed by atoms with Gasteiger partial charge in [-0.25, -0.2) is 0 Å². The third-order valence-corrected chi connectivity index (χ3v) is 4.74. The van der Waals surface area contributed by atoms with Crippen LogP contribution in [0.4, 0.5) is 5.69 Å². The zero-order valence-electron chi connectivity index (χ0n) is 12.0. The summed E-state index contributed by atoms with van der Waals surface area (Å²) < 4.78 is 5.87. The average molecular weight is 295 g/mol. The standard InChI is InChI=1S/C16H23ClN2O/c1-11(18)9-12-5-6-13(10-14(12)17)19-7-8-20-16-4-2-3-15(16)19/h5-6,10-11,15-16H,2-4,7-9,18H2,1H3. The Balaban J connectivity index is 1.81. The van der Waals surface area contributed by atoms with Gasteiger partial charge in [-0.2, -0.15) is 0 Å². The summed E-state index contributed by atoms with van der Waals surface area (Å²) in [6.07, 6.45) is 4.92. The van der Waals surface area contributed by atoms with Gasteiger partial charge in [0.05, 0.1) is 18.8 Å². The topological polar surface area (TPSA) is 38.5 Å². The SMILES string of the molecule is CC(N)Cc1ccc(N2CCOC3CCCC32)cc1Cl. The van der Waals surface area contributed by atoms with Crippen LogP contribution in [0.5, 0.6) is 0 Å². The molecule has 0 bridgehead atoms. The molecule has 1 aromatic rings. The fourth-order valence-corrected chi connectivity index (χ4v) is 3.73. The van der Waals surface area contributed by atoms with Gasteiger partial charge in [0, 0.05) is 23.3 Å². The number of fused-ring (bicyclic) bond motifs is 1. The summed E-state index contributed by atoms with van der Waals surface area (Å²) in [5.74, 6) is 0. The Kier molecular flexibility index (Phi) is 4.20. The van der Waals surface area contributed by atoms with Gasteiger partial charge < -0.3 is 15.4 Å². The number of nitrogens with two attached hydrogens (primary N) is 1. The van der Waals surface area contributed by atoms with E-state index in [4.69, 9.17) is 22.1 Å². The number of rotatable bonds is 3. The number of nitrogens with zero attached hydrogens (tertiary/aromatic N) is 1. The van der Waals surface area contributed by atoms with Gasteiger partial charge >= 0.3 is 0 Å². The lowest BCUT2D eigenvalue weighted by molar-refractivity contribution is 0.0256. The molecule has 2 N–H and O–H groups in total. The van der Waals surface area contributed by atoms with E-state index in [1.165, 1.54) is 24.9 Å². The Morgan fingerprint density at radius 1 is 1.45 bits per heavy atom. The highest BCUT2D eigenvalue weighted by Crippen LogP contribution is 2.34. The summed E-state index contributed by atoms with van der Waals surface area (Å²) in [7, 11) is 0. The molecule has 1 saturated heterocycles. The third-order valence-electron chi connectivity index (χ3n) is 4.39. The van der Waals surface area contributed by atoms with Crippen LogP contribution in [0.3, 0.4) is 0 Å². The lowest BCUT2D eigenvalue weighted by Crippen LogP contribution is -2.48. The van der Waals surface area contributed by atoms with E-state index in [2.05, 4.69) is 23.1 Å². The quantitative estimate of drug-likeness (QED) is 0.931. The van der Waals surface area contributed by atoms with Crippen LogP contribution >= 0.6 is 11.6 Å². The zero-order valence-corrected chi connectivity index (χ0v) is 12.8. The minimum absolute atomic E-state index is 0.140. The van der Waals surface area contributed by atoms with Crippen molar-refractivity contribution in [1.82, 2.24) is 0 Å². The first-order valence-corrected chi connectivity index (χ1v) is 7.95. The molecule has 4 heteroatoms. The van der Waals surface area contributed by atoms with Crippen molar-refractivity contribution in [3.8, 4) is 0 Å². The largest absolute Gasteiger partial charge is 0.374 e. The molecule has 3 unspecified atom stereocenters.